The molecule has 4 N–H and O–H groups in total. The zero-order chi connectivity index (χ0) is 16.1. The number of hydrogen-bond donors (Lipinski definition) is 2. The fraction of sp³-hybridized carbons (Fsp3) is 0.400. The molecule has 0 unspecified atom stereocenters. The number of quaternary nitrogens is 1. The van der Waals surface area contributed by atoms with E-state index in [2.05, 4.69) is 21.2 Å². The van der Waals surface area contributed by atoms with Gasteiger partial charge in [-0.2, -0.15) is 0 Å². The Morgan fingerprint density at radius 3 is 2.91 bits per heavy atom. The Hall–Kier alpha value is -1.99. The highest BCUT2D eigenvalue weighted by molar-refractivity contribution is 7.18. The van der Waals surface area contributed by atoms with E-state index in [9.17, 15) is 4.79 Å². The smallest absolute Gasteiger partial charge is 0.284 e. The van der Waals surface area contributed by atoms with Gasteiger partial charge in [-0.1, -0.05) is 37.3 Å². The van der Waals surface area contributed by atoms with Crippen LogP contribution in [0.3, 0.4) is 0 Å². The summed E-state index contributed by atoms with van der Waals surface area (Å²) in [6.45, 7) is 4.06. The van der Waals surface area contributed by atoms with E-state index in [4.69, 9.17) is 4.74 Å². The van der Waals surface area contributed by atoms with Crippen LogP contribution in [0.15, 0.2) is 24.3 Å². The molecule has 1 heterocycles. The van der Waals surface area contributed by atoms with E-state index >= 15 is 0 Å². The number of rotatable bonds is 6. The minimum atomic E-state index is -0.297. The van der Waals surface area contributed by atoms with Crippen molar-refractivity contribution in [1.82, 2.24) is 10.2 Å². The van der Waals surface area contributed by atoms with Crippen LogP contribution in [0.1, 0.15) is 20.3 Å². The number of amides is 1. The first-order valence-electron chi connectivity index (χ1n) is 7.17. The SMILES string of the molecule is CC[C@@H](C)[C@H]([NH3+])C(=O)Nc1nnc(-c2cccc(OC)c2)s1. The number of anilines is 1. The maximum atomic E-state index is 12.1. The van der Waals surface area contributed by atoms with Crippen molar-refractivity contribution in [3.05, 3.63) is 24.3 Å². The van der Waals surface area contributed by atoms with Gasteiger partial charge in [0.15, 0.2) is 6.04 Å². The molecule has 1 aromatic heterocycles. The molecule has 0 saturated heterocycles. The van der Waals surface area contributed by atoms with Gasteiger partial charge in [0.2, 0.25) is 5.13 Å². The van der Waals surface area contributed by atoms with E-state index in [1.165, 1.54) is 11.3 Å². The van der Waals surface area contributed by atoms with Crippen LogP contribution in [0.4, 0.5) is 5.13 Å². The van der Waals surface area contributed by atoms with Gasteiger partial charge in [0.05, 0.1) is 7.11 Å². The molecule has 2 atom stereocenters. The number of nitrogens with one attached hydrogen (secondary N) is 1. The van der Waals surface area contributed by atoms with Gasteiger partial charge in [0, 0.05) is 11.5 Å². The predicted octanol–water partition coefficient (Wildman–Crippen LogP) is 1.81. The molecule has 118 valence electrons. The summed E-state index contributed by atoms with van der Waals surface area (Å²) >= 11 is 1.33. The van der Waals surface area contributed by atoms with Crippen LogP contribution in [0, 0.1) is 5.92 Å². The largest absolute Gasteiger partial charge is 0.497 e. The first kappa shape index (κ1) is 16.4. The number of nitrogens with zero attached hydrogens (tertiary/aromatic N) is 2. The minimum absolute atomic E-state index is 0.123. The van der Waals surface area contributed by atoms with Gasteiger partial charge in [0.25, 0.3) is 5.91 Å². The van der Waals surface area contributed by atoms with Crippen LogP contribution in [0.5, 0.6) is 5.75 Å². The van der Waals surface area contributed by atoms with Crippen molar-refractivity contribution in [3.63, 3.8) is 0 Å². The normalized spacial score (nSPS) is 13.5. The molecule has 7 heteroatoms. The molecule has 0 aliphatic heterocycles. The third kappa shape index (κ3) is 3.80. The highest BCUT2D eigenvalue weighted by Crippen LogP contribution is 2.28. The van der Waals surface area contributed by atoms with Gasteiger partial charge < -0.3 is 10.5 Å². The fourth-order valence-electron chi connectivity index (χ4n) is 1.89. The first-order valence-corrected chi connectivity index (χ1v) is 7.98. The Bertz CT molecular complexity index is 644. The van der Waals surface area contributed by atoms with E-state index in [0.717, 1.165) is 22.7 Å². The lowest BCUT2D eigenvalue weighted by Crippen LogP contribution is -2.69. The molecular formula is C15H21N4O2S+. The molecule has 0 aliphatic rings. The second-order valence-corrected chi connectivity index (χ2v) is 6.10. The second-order valence-electron chi connectivity index (χ2n) is 5.13. The van der Waals surface area contributed by atoms with E-state index < -0.39 is 0 Å². The van der Waals surface area contributed by atoms with Crippen LogP contribution >= 0.6 is 11.3 Å². The molecular weight excluding hydrogens is 300 g/mol. The number of ether oxygens (including phenoxy) is 1. The average molecular weight is 321 g/mol. The van der Waals surface area contributed by atoms with Crippen molar-refractivity contribution in [2.75, 3.05) is 12.4 Å². The van der Waals surface area contributed by atoms with E-state index in [-0.39, 0.29) is 17.9 Å². The molecule has 0 saturated carbocycles. The van der Waals surface area contributed by atoms with Crippen LogP contribution in [-0.4, -0.2) is 29.3 Å². The summed E-state index contributed by atoms with van der Waals surface area (Å²) in [6, 6.07) is 7.28. The molecule has 2 rings (SSSR count). The van der Waals surface area contributed by atoms with Gasteiger partial charge in [-0.25, -0.2) is 0 Å². The summed E-state index contributed by atoms with van der Waals surface area (Å²) in [4.78, 5) is 12.1. The van der Waals surface area contributed by atoms with Crippen molar-refractivity contribution in [2.45, 2.75) is 26.3 Å². The Morgan fingerprint density at radius 2 is 2.23 bits per heavy atom. The van der Waals surface area contributed by atoms with Gasteiger partial charge >= 0.3 is 0 Å². The Balaban J connectivity index is 2.09. The highest BCUT2D eigenvalue weighted by Gasteiger charge is 2.24. The monoisotopic (exact) mass is 321 g/mol. The van der Waals surface area contributed by atoms with Crippen LogP contribution < -0.4 is 15.8 Å². The van der Waals surface area contributed by atoms with Crippen molar-refractivity contribution in [3.8, 4) is 16.3 Å². The van der Waals surface area contributed by atoms with E-state index in [0.29, 0.717) is 5.13 Å². The molecule has 0 radical (unpaired) electrons. The topological polar surface area (TPSA) is 91.8 Å². The van der Waals surface area contributed by atoms with Crippen LogP contribution in [0.2, 0.25) is 0 Å². The van der Waals surface area contributed by atoms with Crippen LogP contribution in [0.25, 0.3) is 10.6 Å². The standard InChI is InChI=1S/C15H20N4O2S/c1-4-9(2)12(16)13(20)17-15-19-18-14(22-15)10-6-5-7-11(8-10)21-3/h5-9,12H,4,16H2,1-3H3,(H,17,19,20)/p+1/t9-,12+/m1/s1. The van der Waals surface area contributed by atoms with Crippen molar-refractivity contribution in [1.29, 1.82) is 0 Å². The maximum absolute atomic E-state index is 12.1. The number of methoxy groups -OCH3 is 1. The summed E-state index contributed by atoms with van der Waals surface area (Å²) in [5, 5.41) is 12.1. The Kier molecular flexibility index (Phi) is 5.46. The molecule has 6 nitrogen and oxygen atoms in total. The summed E-state index contributed by atoms with van der Waals surface area (Å²) in [7, 11) is 1.62. The quantitative estimate of drug-likeness (QED) is 0.849. The van der Waals surface area contributed by atoms with Crippen molar-refractivity contribution in [2.24, 2.45) is 5.92 Å². The summed E-state index contributed by atoms with van der Waals surface area (Å²) in [6.07, 6.45) is 0.909. The molecule has 0 fully saturated rings. The number of aromatic nitrogens is 2. The maximum Gasteiger partial charge on any atom is 0.284 e. The lowest BCUT2D eigenvalue weighted by atomic mass is 10.00. The van der Waals surface area contributed by atoms with Crippen molar-refractivity contribution >= 4 is 22.4 Å². The van der Waals surface area contributed by atoms with E-state index in [1.54, 1.807) is 7.11 Å². The summed E-state index contributed by atoms with van der Waals surface area (Å²) in [5.74, 6) is 0.862. The third-order valence-electron chi connectivity index (χ3n) is 3.64. The van der Waals surface area contributed by atoms with Gasteiger partial charge in [0.1, 0.15) is 10.8 Å². The zero-order valence-corrected chi connectivity index (χ0v) is 13.8. The fourth-order valence-corrected chi connectivity index (χ4v) is 2.63. The second kappa shape index (κ2) is 7.33. The molecule has 1 amide bonds. The molecule has 1 aromatic carbocycles. The molecule has 22 heavy (non-hydrogen) atoms. The van der Waals surface area contributed by atoms with Gasteiger partial charge in [-0.15, -0.1) is 10.2 Å². The number of benzene rings is 1. The van der Waals surface area contributed by atoms with E-state index in [1.807, 2.05) is 38.1 Å². The lowest BCUT2D eigenvalue weighted by molar-refractivity contribution is -0.414. The predicted molar refractivity (Wildman–Crippen MR) is 86.7 cm³/mol. The molecule has 0 bridgehead atoms. The van der Waals surface area contributed by atoms with Crippen LogP contribution in [-0.2, 0) is 4.79 Å². The molecule has 2 aromatic rings. The molecule has 0 aliphatic carbocycles. The summed E-state index contributed by atoms with van der Waals surface area (Å²) < 4.78 is 5.20. The third-order valence-corrected chi connectivity index (χ3v) is 4.53. The van der Waals surface area contributed by atoms with Crippen molar-refractivity contribution < 1.29 is 15.3 Å². The number of carbonyl (C=O) groups excluding carboxylic acids is 1. The number of carbonyl (C=O) groups is 1. The molecule has 0 spiro atoms. The highest BCUT2D eigenvalue weighted by atomic mass is 32.1. The lowest BCUT2D eigenvalue weighted by Gasteiger charge is -2.13. The Labute approximate surface area is 133 Å². The van der Waals surface area contributed by atoms with Gasteiger partial charge in [-0.05, 0) is 18.6 Å². The first-order chi connectivity index (χ1) is 10.5. The summed E-state index contributed by atoms with van der Waals surface area (Å²) in [5.41, 5.74) is 4.83. The minimum Gasteiger partial charge on any atom is -0.497 e. The Morgan fingerprint density at radius 1 is 1.45 bits per heavy atom. The zero-order valence-electron chi connectivity index (χ0n) is 13.0. The number of hydrogen-bond acceptors (Lipinski definition) is 5. The average Bonchev–Trinajstić information content (AvgIpc) is 3.01. The van der Waals surface area contributed by atoms with Gasteiger partial charge in [-0.3, -0.25) is 10.1 Å².